The summed E-state index contributed by atoms with van der Waals surface area (Å²) in [4.78, 5) is 30.6. The number of carbonyl (C=O) groups is 1. The maximum atomic E-state index is 11.7. The van der Waals surface area contributed by atoms with Crippen molar-refractivity contribution in [3.05, 3.63) is 82.2 Å². The molecule has 0 saturated heterocycles. The molecule has 0 spiro atoms. The molecule has 1 heterocycles. The molecule has 2 aromatic carbocycles. The van der Waals surface area contributed by atoms with Crippen molar-refractivity contribution in [1.82, 2.24) is 9.97 Å². The van der Waals surface area contributed by atoms with E-state index < -0.39 is 4.92 Å². The summed E-state index contributed by atoms with van der Waals surface area (Å²) in [5, 5.41) is 17.7. The lowest BCUT2D eigenvalue weighted by atomic mass is 10.1. The molecule has 0 fully saturated rings. The van der Waals surface area contributed by atoms with Gasteiger partial charge in [0, 0.05) is 11.3 Å². The lowest BCUT2D eigenvalue weighted by Crippen LogP contribution is -2.11. The minimum absolute atomic E-state index is 0.0547. The second kappa shape index (κ2) is 8.26. The summed E-state index contributed by atoms with van der Waals surface area (Å²) in [5.41, 5.74) is 1.86. The Labute approximate surface area is 161 Å². The highest BCUT2D eigenvalue weighted by atomic mass is 16.6. The van der Waals surface area contributed by atoms with Crippen LogP contribution in [-0.4, -0.2) is 20.7 Å². The first kappa shape index (κ1) is 19.0. The summed E-state index contributed by atoms with van der Waals surface area (Å²) < 4.78 is 0. The molecular formula is C20H19N5O3. The maximum Gasteiger partial charge on any atom is 0.353 e. The molecule has 8 heteroatoms. The quantitative estimate of drug-likeness (QED) is 0.354. The predicted octanol–water partition coefficient (Wildman–Crippen LogP) is 4.50. The summed E-state index contributed by atoms with van der Waals surface area (Å²) >= 11 is 0. The van der Waals surface area contributed by atoms with Crippen LogP contribution in [0.15, 0.2) is 60.9 Å². The topological polar surface area (TPSA) is 110 Å². The van der Waals surface area contributed by atoms with Crippen LogP contribution in [0.25, 0.3) is 0 Å². The van der Waals surface area contributed by atoms with Crippen molar-refractivity contribution in [3.8, 4) is 0 Å². The molecule has 0 bridgehead atoms. The van der Waals surface area contributed by atoms with Crippen LogP contribution in [0.3, 0.4) is 0 Å². The molecule has 3 rings (SSSR count). The number of benzene rings is 2. The summed E-state index contributed by atoms with van der Waals surface area (Å²) in [7, 11) is 0. The van der Waals surface area contributed by atoms with Gasteiger partial charge in [0.15, 0.2) is 5.78 Å². The summed E-state index contributed by atoms with van der Waals surface area (Å²) in [6, 6.07) is 16.0. The molecule has 28 heavy (non-hydrogen) atoms. The van der Waals surface area contributed by atoms with E-state index in [1.54, 1.807) is 24.3 Å². The van der Waals surface area contributed by atoms with Gasteiger partial charge < -0.3 is 10.6 Å². The lowest BCUT2D eigenvalue weighted by molar-refractivity contribution is -0.383. The third kappa shape index (κ3) is 4.29. The second-order valence-corrected chi connectivity index (χ2v) is 6.21. The van der Waals surface area contributed by atoms with Gasteiger partial charge in [-0.05, 0) is 43.7 Å². The van der Waals surface area contributed by atoms with Gasteiger partial charge in [0.2, 0.25) is 11.6 Å². The van der Waals surface area contributed by atoms with Crippen molar-refractivity contribution >= 4 is 28.8 Å². The number of Topliss-reactive ketones (excluding diaryl/α,β-unsaturated/α-hetero) is 1. The number of hydrogen-bond acceptors (Lipinski definition) is 7. The first-order valence-electron chi connectivity index (χ1n) is 8.64. The Hall–Kier alpha value is -3.81. The van der Waals surface area contributed by atoms with Crippen LogP contribution in [0.2, 0.25) is 0 Å². The van der Waals surface area contributed by atoms with E-state index in [4.69, 9.17) is 0 Å². The fraction of sp³-hybridized carbons (Fsp3) is 0.150. The highest BCUT2D eigenvalue weighted by Gasteiger charge is 2.24. The van der Waals surface area contributed by atoms with Gasteiger partial charge in [0.25, 0.3) is 0 Å². The van der Waals surface area contributed by atoms with E-state index in [1.807, 2.05) is 37.3 Å². The van der Waals surface area contributed by atoms with Gasteiger partial charge >= 0.3 is 5.69 Å². The van der Waals surface area contributed by atoms with E-state index >= 15 is 0 Å². The van der Waals surface area contributed by atoms with E-state index in [1.165, 1.54) is 13.3 Å². The molecule has 1 atom stereocenters. The SMILES string of the molecule is CC(=O)c1ccc(Nc2ncnc(NC(C)c3ccccc3)c2[N+](=O)[O-])cc1. The molecule has 1 unspecified atom stereocenters. The number of carbonyl (C=O) groups excluding carboxylic acids is 1. The molecule has 2 N–H and O–H groups in total. The number of ketones is 1. The molecule has 0 radical (unpaired) electrons. The monoisotopic (exact) mass is 377 g/mol. The van der Waals surface area contributed by atoms with E-state index in [9.17, 15) is 14.9 Å². The van der Waals surface area contributed by atoms with Crippen LogP contribution in [0, 0.1) is 10.1 Å². The van der Waals surface area contributed by atoms with Crippen molar-refractivity contribution in [2.75, 3.05) is 10.6 Å². The third-order valence-electron chi connectivity index (χ3n) is 4.21. The summed E-state index contributed by atoms with van der Waals surface area (Å²) in [6.45, 7) is 3.37. The minimum Gasteiger partial charge on any atom is -0.358 e. The third-order valence-corrected chi connectivity index (χ3v) is 4.21. The summed E-state index contributed by atoms with van der Waals surface area (Å²) in [5.74, 6) is 0.137. The molecule has 0 aliphatic rings. The first-order chi connectivity index (χ1) is 13.5. The summed E-state index contributed by atoms with van der Waals surface area (Å²) in [6.07, 6.45) is 1.26. The van der Waals surface area contributed by atoms with Gasteiger partial charge in [0.05, 0.1) is 11.0 Å². The van der Waals surface area contributed by atoms with Gasteiger partial charge in [-0.15, -0.1) is 0 Å². The van der Waals surface area contributed by atoms with Crippen molar-refractivity contribution in [1.29, 1.82) is 0 Å². The van der Waals surface area contributed by atoms with Crippen LogP contribution < -0.4 is 10.6 Å². The van der Waals surface area contributed by atoms with Gasteiger partial charge in [-0.1, -0.05) is 30.3 Å². The lowest BCUT2D eigenvalue weighted by Gasteiger charge is -2.16. The number of rotatable bonds is 7. The molecule has 0 aliphatic heterocycles. The molecule has 0 saturated carbocycles. The van der Waals surface area contributed by atoms with Crippen molar-refractivity contribution in [2.24, 2.45) is 0 Å². The number of nitrogens with one attached hydrogen (secondary N) is 2. The number of nitro groups is 1. The Morgan fingerprint density at radius 2 is 1.68 bits per heavy atom. The Balaban J connectivity index is 1.89. The van der Waals surface area contributed by atoms with Gasteiger partial charge in [0.1, 0.15) is 6.33 Å². The normalized spacial score (nSPS) is 11.5. The molecule has 1 aromatic heterocycles. The van der Waals surface area contributed by atoms with Crippen molar-refractivity contribution in [2.45, 2.75) is 19.9 Å². The van der Waals surface area contributed by atoms with Crippen molar-refractivity contribution < 1.29 is 9.72 Å². The fourth-order valence-electron chi connectivity index (χ4n) is 2.70. The smallest absolute Gasteiger partial charge is 0.353 e. The number of nitrogens with zero attached hydrogens (tertiary/aromatic N) is 3. The number of anilines is 3. The Morgan fingerprint density at radius 3 is 2.29 bits per heavy atom. The van der Waals surface area contributed by atoms with Crippen LogP contribution in [0.5, 0.6) is 0 Å². The maximum absolute atomic E-state index is 11.7. The molecule has 3 aromatic rings. The largest absolute Gasteiger partial charge is 0.358 e. The zero-order chi connectivity index (χ0) is 20.1. The van der Waals surface area contributed by atoms with Gasteiger partial charge in [-0.2, -0.15) is 0 Å². The molecular weight excluding hydrogens is 358 g/mol. The van der Waals surface area contributed by atoms with Crippen LogP contribution in [-0.2, 0) is 0 Å². The Bertz CT molecular complexity index is 990. The molecule has 8 nitrogen and oxygen atoms in total. The zero-order valence-corrected chi connectivity index (χ0v) is 15.4. The van der Waals surface area contributed by atoms with E-state index in [0.717, 1.165) is 5.56 Å². The standard InChI is InChI=1S/C20H19N5O3/c1-13(15-6-4-3-5-7-15)23-19-18(25(27)28)20(22-12-21-19)24-17-10-8-16(9-11-17)14(2)26/h3-13H,1-2H3,(H2,21,22,23,24). The van der Waals surface area contributed by atoms with E-state index in [2.05, 4.69) is 20.6 Å². The van der Waals surface area contributed by atoms with Crippen LogP contribution >= 0.6 is 0 Å². The predicted molar refractivity (Wildman–Crippen MR) is 107 cm³/mol. The zero-order valence-electron chi connectivity index (χ0n) is 15.4. The van der Waals surface area contributed by atoms with Gasteiger partial charge in [-0.25, -0.2) is 9.97 Å². The minimum atomic E-state index is -0.522. The average molecular weight is 377 g/mol. The average Bonchev–Trinajstić information content (AvgIpc) is 2.69. The fourth-order valence-corrected chi connectivity index (χ4v) is 2.70. The van der Waals surface area contributed by atoms with Gasteiger partial charge in [-0.3, -0.25) is 14.9 Å². The number of hydrogen-bond donors (Lipinski definition) is 2. The van der Waals surface area contributed by atoms with Crippen LogP contribution in [0.1, 0.15) is 35.8 Å². The highest BCUT2D eigenvalue weighted by molar-refractivity contribution is 5.94. The van der Waals surface area contributed by atoms with E-state index in [-0.39, 0.29) is 29.1 Å². The molecule has 0 aliphatic carbocycles. The number of aromatic nitrogens is 2. The first-order valence-corrected chi connectivity index (χ1v) is 8.64. The molecule has 0 amide bonds. The van der Waals surface area contributed by atoms with Crippen LogP contribution in [0.4, 0.5) is 23.0 Å². The second-order valence-electron chi connectivity index (χ2n) is 6.21. The van der Waals surface area contributed by atoms with E-state index in [0.29, 0.717) is 11.3 Å². The van der Waals surface area contributed by atoms with Crippen molar-refractivity contribution in [3.63, 3.8) is 0 Å². The molecule has 142 valence electrons. The Morgan fingerprint density at radius 1 is 1.04 bits per heavy atom. The highest BCUT2D eigenvalue weighted by Crippen LogP contribution is 2.33. The Kier molecular flexibility index (Phi) is 5.59.